The molecule has 0 radical (unpaired) electrons. The Morgan fingerprint density at radius 3 is 1.60 bits per heavy atom. The number of hydrogen-bond acceptors (Lipinski definition) is 2. The predicted molar refractivity (Wildman–Crippen MR) is 54.9 cm³/mol. The molecule has 0 bridgehead atoms. The van der Waals surface area contributed by atoms with Gasteiger partial charge in [0.05, 0.1) is 4.58 Å². The summed E-state index contributed by atoms with van der Waals surface area (Å²) in [5.41, 5.74) is 0. The molecular formula is C8H18S2. The maximum atomic E-state index is 2.30. The molecule has 0 aliphatic rings. The van der Waals surface area contributed by atoms with E-state index in [4.69, 9.17) is 0 Å². The smallest absolute Gasteiger partial charge is 0.0525 e. The van der Waals surface area contributed by atoms with Crippen LogP contribution in [0.15, 0.2) is 0 Å². The highest BCUT2D eigenvalue weighted by Crippen LogP contribution is 2.29. The fourth-order valence-corrected chi connectivity index (χ4v) is 3.39. The van der Waals surface area contributed by atoms with Crippen LogP contribution in [0, 0.1) is 5.92 Å². The third kappa shape index (κ3) is 4.51. The van der Waals surface area contributed by atoms with Crippen molar-refractivity contribution in [2.45, 2.75) is 32.3 Å². The third-order valence-electron chi connectivity index (χ3n) is 1.21. The van der Waals surface area contributed by atoms with Crippen molar-refractivity contribution >= 4 is 23.5 Å². The molecule has 62 valence electrons. The molecule has 0 nitrogen and oxygen atoms in total. The van der Waals surface area contributed by atoms with Gasteiger partial charge in [-0.05, 0) is 17.4 Å². The van der Waals surface area contributed by atoms with E-state index in [1.807, 2.05) is 0 Å². The summed E-state index contributed by atoms with van der Waals surface area (Å²) in [5, 5.41) is 0. The molecule has 0 amide bonds. The minimum atomic E-state index is 0.815. The van der Waals surface area contributed by atoms with Crippen molar-refractivity contribution in [2.75, 3.05) is 11.5 Å². The number of thioether (sulfide) groups is 2. The van der Waals surface area contributed by atoms with Crippen molar-refractivity contribution in [3.05, 3.63) is 0 Å². The molecule has 0 rings (SSSR count). The van der Waals surface area contributed by atoms with Gasteiger partial charge in [-0.1, -0.05) is 27.7 Å². The summed E-state index contributed by atoms with van der Waals surface area (Å²) < 4.78 is 0.815. The monoisotopic (exact) mass is 178 g/mol. The highest BCUT2D eigenvalue weighted by Gasteiger charge is 2.11. The Morgan fingerprint density at radius 2 is 1.40 bits per heavy atom. The molecule has 0 aliphatic carbocycles. The normalized spacial score (nSPS) is 11.4. The SMILES string of the molecule is CCSC(SCC)C(C)C. The van der Waals surface area contributed by atoms with E-state index in [0.29, 0.717) is 0 Å². The minimum absolute atomic E-state index is 0.815. The molecule has 0 unspecified atom stereocenters. The van der Waals surface area contributed by atoms with Gasteiger partial charge in [-0.15, -0.1) is 23.5 Å². The van der Waals surface area contributed by atoms with Crippen molar-refractivity contribution in [1.29, 1.82) is 0 Å². The van der Waals surface area contributed by atoms with Gasteiger partial charge in [-0.3, -0.25) is 0 Å². The van der Waals surface area contributed by atoms with Crippen LogP contribution in [0.2, 0.25) is 0 Å². The van der Waals surface area contributed by atoms with Gasteiger partial charge in [0.1, 0.15) is 0 Å². The molecule has 0 saturated heterocycles. The molecule has 0 aliphatic heterocycles. The molecule has 0 spiro atoms. The summed E-state index contributed by atoms with van der Waals surface area (Å²) in [6.45, 7) is 9.07. The van der Waals surface area contributed by atoms with Gasteiger partial charge in [-0.25, -0.2) is 0 Å². The average molecular weight is 178 g/mol. The van der Waals surface area contributed by atoms with E-state index in [1.165, 1.54) is 11.5 Å². The summed E-state index contributed by atoms with van der Waals surface area (Å²) in [5.74, 6) is 3.31. The molecule has 0 N–H and O–H groups in total. The van der Waals surface area contributed by atoms with Gasteiger partial charge in [-0.2, -0.15) is 0 Å². The van der Waals surface area contributed by atoms with E-state index in [0.717, 1.165) is 10.5 Å². The Labute approximate surface area is 73.5 Å². The highest BCUT2D eigenvalue weighted by atomic mass is 32.2. The van der Waals surface area contributed by atoms with Crippen molar-refractivity contribution < 1.29 is 0 Å². The molecule has 0 heterocycles. The second-order valence-electron chi connectivity index (χ2n) is 2.52. The first kappa shape index (κ1) is 10.7. The molecule has 0 atom stereocenters. The average Bonchev–Trinajstić information content (AvgIpc) is 1.87. The first-order chi connectivity index (χ1) is 4.72. The maximum Gasteiger partial charge on any atom is 0.0525 e. The largest absolute Gasteiger partial charge is 0.148 e. The summed E-state index contributed by atoms with van der Waals surface area (Å²) in [7, 11) is 0. The lowest BCUT2D eigenvalue weighted by Crippen LogP contribution is -2.06. The topological polar surface area (TPSA) is 0 Å². The minimum Gasteiger partial charge on any atom is -0.148 e. The first-order valence-corrected chi connectivity index (χ1v) is 6.05. The molecule has 0 aromatic heterocycles. The summed E-state index contributed by atoms with van der Waals surface area (Å²) in [6.07, 6.45) is 0. The zero-order valence-electron chi connectivity index (χ0n) is 7.39. The number of hydrogen-bond donors (Lipinski definition) is 0. The Hall–Kier alpha value is 0.700. The lowest BCUT2D eigenvalue weighted by Gasteiger charge is -2.17. The zero-order chi connectivity index (χ0) is 7.98. The molecule has 0 saturated carbocycles. The van der Waals surface area contributed by atoms with E-state index >= 15 is 0 Å². The van der Waals surface area contributed by atoms with Crippen LogP contribution in [0.3, 0.4) is 0 Å². The second kappa shape index (κ2) is 6.41. The fraction of sp³-hybridized carbons (Fsp3) is 1.00. The van der Waals surface area contributed by atoms with Gasteiger partial charge in [0.15, 0.2) is 0 Å². The van der Waals surface area contributed by atoms with Gasteiger partial charge in [0, 0.05) is 0 Å². The molecular weight excluding hydrogens is 160 g/mol. The van der Waals surface area contributed by atoms with E-state index in [2.05, 4.69) is 51.2 Å². The van der Waals surface area contributed by atoms with Crippen LogP contribution in [0.5, 0.6) is 0 Å². The highest BCUT2D eigenvalue weighted by molar-refractivity contribution is 8.17. The standard InChI is InChI=1S/C8H18S2/c1-5-9-8(7(3)4)10-6-2/h7-8H,5-6H2,1-4H3. The Morgan fingerprint density at radius 1 is 1.00 bits per heavy atom. The Bertz CT molecular complexity index is 65.7. The van der Waals surface area contributed by atoms with Crippen LogP contribution < -0.4 is 0 Å². The van der Waals surface area contributed by atoms with Crippen LogP contribution in [0.25, 0.3) is 0 Å². The fourth-order valence-electron chi connectivity index (χ4n) is 0.762. The van der Waals surface area contributed by atoms with Crippen LogP contribution in [0.4, 0.5) is 0 Å². The van der Waals surface area contributed by atoms with Crippen molar-refractivity contribution in [3.63, 3.8) is 0 Å². The van der Waals surface area contributed by atoms with E-state index in [9.17, 15) is 0 Å². The molecule has 0 aromatic rings. The van der Waals surface area contributed by atoms with E-state index < -0.39 is 0 Å². The van der Waals surface area contributed by atoms with Crippen LogP contribution in [0.1, 0.15) is 27.7 Å². The van der Waals surface area contributed by atoms with Gasteiger partial charge in [0.2, 0.25) is 0 Å². The third-order valence-corrected chi connectivity index (χ3v) is 4.44. The van der Waals surface area contributed by atoms with E-state index in [1.54, 1.807) is 0 Å². The van der Waals surface area contributed by atoms with Crippen molar-refractivity contribution in [1.82, 2.24) is 0 Å². The molecule has 10 heavy (non-hydrogen) atoms. The maximum absolute atomic E-state index is 2.30. The van der Waals surface area contributed by atoms with Crippen molar-refractivity contribution in [2.24, 2.45) is 5.92 Å². The lowest BCUT2D eigenvalue weighted by molar-refractivity contribution is 0.720. The van der Waals surface area contributed by atoms with E-state index in [-0.39, 0.29) is 0 Å². The molecule has 0 fully saturated rings. The lowest BCUT2D eigenvalue weighted by atomic mass is 10.3. The van der Waals surface area contributed by atoms with Crippen LogP contribution >= 0.6 is 23.5 Å². The quantitative estimate of drug-likeness (QED) is 0.591. The predicted octanol–water partition coefficient (Wildman–Crippen LogP) is 3.47. The summed E-state index contributed by atoms with van der Waals surface area (Å²) in [4.78, 5) is 0. The van der Waals surface area contributed by atoms with Crippen LogP contribution in [-0.2, 0) is 0 Å². The van der Waals surface area contributed by atoms with Gasteiger partial charge in [0.25, 0.3) is 0 Å². The second-order valence-corrected chi connectivity index (χ2v) is 5.66. The van der Waals surface area contributed by atoms with Crippen LogP contribution in [-0.4, -0.2) is 16.1 Å². The Balaban J connectivity index is 3.50. The Kier molecular flexibility index (Phi) is 6.86. The van der Waals surface area contributed by atoms with Gasteiger partial charge >= 0.3 is 0 Å². The first-order valence-electron chi connectivity index (χ1n) is 3.95. The zero-order valence-corrected chi connectivity index (χ0v) is 9.02. The summed E-state index contributed by atoms with van der Waals surface area (Å²) >= 11 is 4.14. The number of rotatable bonds is 5. The van der Waals surface area contributed by atoms with Gasteiger partial charge < -0.3 is 0 Å². The molecule has 2 heteroatoms. The van der Waals surface area contributed by atoms with Crippen molar-refractivity contribution in [3.8, 4) is 0 Å². The molecule has 0 aromatic carbocycles. The summed E-state index contributed by atoms with van der Waals surface area (Å²) in [6, 6.07) is 0.